The maximum atomic E-state index is 6.13. The van der Waals surface area contributed by atoms with Crippen molar-refractivity contribution in [1.82, 2.24) is 9.78 Å². The first-order chi connectivity index (χ1) is 8.11. The number of halogens is 3. The van der Waals surface area contributed by atoms with Gasteiger partial charge in [0.25, 0.3) is 0 Å². The minimum absolute atomic E-state index is 0.493. The second-order valence-electron chi connectivity index (χ2n) is 3.72. The normalized spacial score (nSPS) is 10.8. The van der Waals surface area contributed by atoms with Crippen molar-refractivity contribution < 1.29 is 0 Å². The van der Waals surface area contributed by atoms with Crippen LogP contribution in [0.1, 0.15) is 19.0 Å². The lowest BCUT2D eigenvalue weighted by Gasteiger charge is -2.04. The number of hydrogen-bond acceptors (Lipinski definition) is 1. The van der Waals surface area contributed by atoms with Crippen molar-refractivity contribution in [2.24, 2.45) is 0 Å². The fraction of sp³-hybridized carbons (Fsp3) is 0.250. The average Bonchev–Trinajstić information content (AvgIpc) is 2.64. The third-order valence-corrected chi connectivity index (χ3v) is 3.38. The quantitative estimate of drug-likeness (QED) is 0.794. The summed E-state index contributed by atoms with van der Waals surface area (Å²) < 4.78 is 1.66. The summed E-state index contributed by atoms with van der Waals surface area (Å²) in [4.78, 5) is 0. The van der Waals surface area contributed by atoms with E-state index in [9.17, 15) is 0 Å². The van der Waals surface area contributed by atoms with Gasteiger partial charge in [0.2, 0.25) is 0 Å². The molecule has 0 N–H and O–H groups in total. The summed E-state index contributed by atoms with van der Waals surface area (Å²) in [6, 6.07) is 7.19. The molecule has 90 valence electrons. The zero-order chi connectivity index (χ0) is 12.4. The van der Waals surface area contributed by atoms with Crippen LogP contribution in [0.5, 0.6) is 0 Å². The Morgan fingerprint density at radius 1 is 1.12 bits per heavy atom. The van der Waals surface area contributed by atoms with Gasteiger partial charge >= 0.3 is 0 Å². The van der Waals surface area contributed by atoms with Crippen LogP contribution in [0, 0.1) is 0 Å². The van der Waals surface area contributed by atoms with Crippen LogP contribution in [0.2, 0.25) is 15.2 Å². The number of nitrogens with zero attached hydrogens (tertiary/aromatic N) is 2. The number of benzene rings is 1. The summed E-state index contributed by atoms with van der Waals surface area (Å²) in [7, 11) is 0. The lowest BCUT2D eigenvalue weighted by Crippen LogP contribution is -1.97. The molecule has 0 saturated heterocycles. The molecule has 2 rings (SSSR count). The highest BCUT2D eigenvalue weighted by Gasteiger charge is 2.08. The molecule has 0 bridgehead atoms. The van der Waals surface area contributed by atoms with E-state index in [1.54, 1.807) is 16.8 Å². The van der Waals surface area contributed by atoms with E-state index < -0.39 is 0 Å². The SMILES string of the molecule is CCCc1cc(Cl)n(-c2ccc(Cl)c(Cl)c2)n1. The maximum absolute atomic E-state index is 6.13. The molecule has 0 fully saturated rings. The summed E-state index contributed by atoms with van der Waals surface area (Å²) in [6.07, 6.45) is 1.95. The Labute approximate surface area is 115 Å². The molecule has 0 radical (unpaired) electrons. The lowest BCUT2D eigenvalue weighted by atomic mass is 10.3. The maximum Gasteiger partial charge on any atom is 0.133 e. The first-order valence-corrected chi connectivity index (χ1v) is 6.45. The highest BCUT2D eigenvalue weighted by Crippen LogP contribution is 2.26. The van der Waals surface area contributed by atoms with Crippen molar-refractivity contribution in [2.45, 2.75) is 19.8 Å². The average molecular weight is 290 g/mol. The Bertz CT molecular complexity index is 535. The molecule has 0 amide bonds. The second-order valence-corrected chi connectivity index (χ2v) is 4.92. The van der Waals surface area contributed by atoms with Gasteiger partial charge < -0.3 is 0 Å². The van der Waals surface area contributed by atoms with E-state index in [1.165, 1.54) is 0 Å². The molecule has 1 aromatic carbocycles. The van der Waals surface area contributed by atoms with Gasteiger partial charge in [0.05, 0.1) is 21.4 Å². The van der Waals surface area contributed by atoms with Crippen molar-refractivity contribution in [1.29, 1.82) is 0 Å². The summed E-state index contributed by atoms with van der Waals surface area (Å²) in [5.74, 6) is 0. The van der Waals surface area contributed by atoms with Crippen LogP contribution >= 0.6 is 34.8 Å². The van der Waals surface area contributed by atoms with Crippen molar-refractivity contribution in [3.8, 4) is 5.69 Å². The smallest absolute Gasteiger partial charge is 0.133 e. The highest BCUT2D eigenvalue weighted by atomic mass is 35.5. The van der Waals surface area contributed by atoms with Crippen LogP contribution in [0.3, 0.4) is 0 Å². The summed E-state index contributed by atoms with van der Waals surface area (Å²) in [5.41, 5.74) is 1.79. The zero-order valence-corrected chi connectivity index (χ0v) is 11.5. The van der Waals surface area contributed by atoms with Gasteiger partial charge in [0.1, 0.15) is 5.15 Å². The van der Waals surface area contributed by atoms with Gasteiger partial charge in [-0.1, -0.05) is 48.1 Å². The Balaban J connectivity index is 2.41. The zero-order valence-electron chi connectivity index (χ0n) is 9.25. The molecule has 0 aliphatic rings. The molecule has 17 heavy (non-hydrogen) atoms. The Kier molecular flexibility index (Phi) is 3.97. The molecule has 1 aromatic heterocycles. The van der Waals surface area contributed by atoms with Gasteiger partial charge in [0.15, 0.2) is 0 Å². The Morgan fingerprint density at radius 2 is 1.88 bits per heavy atom. The summed E-state index contributed by atoms with van der Waals surface area (Å²) >= 11 is 18.0. The summed E-state index contributed by atoms with van der Waals surface area (Å²) in [5, 5.41) is 6.01. The molecule has 0 aliphatic heterocycles. The van der Waals surface area contributed by atoms with Gasteiger partial charge in [-0.15, -0.1) is 0 Å². The van der Waals surface area contributed by atoms with Crippen molar-refractivity contribution in [3.05, 3.63) is 45.2 Å². The van der Waals surface area contributed by atoms with Gasteiger partial charge in [-0.3, -0.25) is 0 Å². The van der Waals surface area contributed by atoms with Crippen LogP contribution in [0.25, 0.3) is 5.69 Å². The van der Waals surface area contributed by atoms with Crippen LogP contribution < -0.4 is 0 Å². The number of rotatable bonds is 3. The van der Waals surface area contributed by atoms with Gasteiger partial charge in [-0.25, -0.2) is 4.68 Å². The number of hydrogen-bond donors (Lipinski definition) is 0. The topological polar surface area (TPSA) is 17.8 Å². The van der Waals surface area contributed by atoms with E-state index in [-0.39, 0.29) is 0 Å². The molecule has 0 spiro atoms. The fourth-order valence-corrected chi connectivity index (χ4v) is 2.13. The largest absolute Gasteiger partial charge is 0.222 e. The van der Waals surface area contributed by atoms with Crippen LogP contribution in [-0.2, 0) is 6.42 Å². The second kappa shape index (κ2) is 5.30. The predicted molar refractivity (Wildman–Crippen MR) is 72.6 cm³/mol. The third-order valence-electron chi connectivity index (χ3n) is 2.37. The molecule has 0 atom stereocenters. The molecule has 2 aromatic rings. The molecule has 0 saturated carbocycles. The Morgan fingerprint density at radius 3 is 2.53 bits per heavy atom. The van der Waals surface area contributed by atoms with E-state index in [1.807, 2.05) is 12.1 Å². The molecular formula is C12H11Cl3N2. The van der Waals surface area contributed by atoms with Crippen molar-refractivity contribution >= 4 is 34.8 Å². The monoisotopic (exact) mass is 288 g/mol. The standard InChI is InChI=1S/C12H11Cl3N2/c1-2-3-8-6-12(15)17(16-8)9-4-5-10(13)11(14)7-9/h4-7H,2-3H2,1H3. The number of aryl methyl sites for hydroxylation is 1. The van der Waals surface area contributed by atoms with Crippen molar-refractivity contribution in [3.63, 3.8) is 0 Å². The van der Waals surface area contributed by atoms with Crippen LogP contribution in [0.4, 0.5) is 0 Å². The van der Waals surface area contributed by atoms with Crippen LogP contribution in [-0.4, -0.2) is 9.78 Å². The van der Waals surface area contributed by atoms with E-state index in [2.05, 4.69) is 12.0 Å². The lowest BCUT2D eigenvalue weighted by molar-refractivity contribution is 0.807. The van der Waals surface area contributed by atoms with Crippen molar-refractivity contribution in [2.75, 3.05) is 0 Å². The fourth-order valence-electron chi connectivity index (χ4n) is 1.58. The molecule has 0 aliphatic carbocycles. The molecule has 5 heteroatoms. The van der Waals surface area contributed by atoms with E-state index in [0.29, 0.717) is 15.2 Å². The first kappa shape index (κ1) is 12.7. The first-order valence-electron chi connectivity index (χ1n) is 5.31. The van der Waals surface area contributed by atoms with E-state index in [0.717, 1.165) is 24.2 Å². The van der Waals surface area contributed by atoms with Gasteiger partial charge in [-0.05, 0) is 30.7 Å². The van der Waals surface area contributed by atoms with E-state index in [4.69, 9.17) is 34.8 Å². The van der Waals surface area contributed by atoms with Crippen LogP contribution in [0.15, 0.2) is 24.3 Å². The molecule has 1 heterocycles. The highest BCUT2D eigenvalue weighted by molar-refractivity contribution is 6.42. The molecular weight excluding hydrogens is 279 g/mol. The minimum atomic E-state index is 0.493. The molecule has 2 nitrogen and oxygen atoms in total. The summed E-state index contributed by atoms with van der Waals surface area (Å²) in [6.45, 7) is 2.10. The van der Waals surface area contributed by atoms with Gasteiger partial charge in [-0.2, -0.15) is 5.10 Å². The third kappa shape index (κ3) is 2.76. The van der Waals surface area contributed by atoms with E-state index >= 15 is 0 Å². The van der Waals surface area contributed by atoms with Gasteiger partial charge in [0, 0.05) is 0 Å². The Hall–Kier alpha value is -0.700. The molecule has 0 unspecified atom stereocenters. The number of aromatic nitrogens is 2. The minimum Gasteiger partial charge on any atom is -0.222 e. The predicted octanol–water partition coefficient (Wildman–Crippen LogP) is 4.79.